The molecule has 0 spiro atoms. The number of carbonyl (C=O) groups is 2. The zero-order chi connectivity index (χ0) is 18.2. The van der Waals surface area contributed by atoms with Gasteiger partial charge in [0.15, 0.2) is 5.75 Å². The van der Waals surface area contributed by atoms with Crippen LogP contribution in [0.5, 0.6) is 5.75 Å². The van der Waals surface area contributed by atoms with Gasteiger partial charge >= 0.3 is 12.1 Å². The monoisotopic (exact) mass is 375 g/mol. The largest absolute Gasteiger partial charge is 0.491 e. The van der Waals surface area contributed by atoms with E-state index in [1.165, 1.54) is 12.1 Å². The normalized spacial score (nSPS) is 17.7. The fourth-order valence-electron chi connectivity index (χ4n) is 2.62. The SMILES string of the molecule is O=C(NC1CCNC1)c1[nH]c2cccc(Cl)c2c1OC(=O)C(F)(F)F. The number of H-pyrrole nitrogens is 1. The predicted octanol–water partition coefficient (Wildman–Crippen LogP) is 2.38. The van der Waals surface area contributed by atoms with Gasteiger partial charge in [-0.15, -0.1) is 0 Å². The lowest BCUT2D eigenvalue weighted by Crippen LogP contribution is -2.37. The summed E-state index contributed by atoms with van der Waals surface area (Å²) in [6.45, 7) is 1.27. The van der Waals surface area contributed by atoms with Gasteiger partial charge < -0.3 is 20.4 Å². The Kier molecular flexibility index (Phi) is 4.61. The van der Waals surface area contributed by atoms with Gasteiger partial charge in [-0.2, -0.15) is 13.2 Å². The first-order valence-corrected chi connectivity index (χ1v) is 7.76. The van der Waals surface area contributed by atoms with E-state index in [0.29, 0.717) is 13.0 Å². The molecule has 1 atom stereocenters. The maximum absolute atomic E-state index is 12.6. The molecule has 1 aliphatic heterocycles. The number of esters is 1. The van der Waals surface area contributed by atoms with E-state index in [9.17, 15) is 22.8 Å². The summed E-state index contributed by atoms with van der Waals surface area (Å²) in [5, 5.41) is 5.83. The molecule has 1 aromatic heterocycles. The van der Waals surface area contributed by atoms with E-state index in [1.807, 2.05) is 0 Å². The Morgan fingerprint density at radius 2 is 2.08 bits per heavy atom. The van der Waals surface area contributed by atoms with E-state index in [4.69, 9.17) is 11.6 Å². The lowest BCUT2D eigenvalue weighted by Gasteiger charge is -2.12. The number of hydrogen-bond acceptors (Lipinski definition) is 4. The first kappa shape index (κ1) is 17.6. The molecule has 0 radical (unpaired) electrons. The molecule has 0 saturated carbocycles. The van der Waals surface area contributed by atoms with E-state index in [0.717, 1.165) is 6.54 Å². The van der Waals surface area contributed by atoms with E-state index in [2.05, 4.69) is 20.4 Å². The van der Waals surface area contributed by atoms with Crippen LogP contribution in [0.4, 0.5) is 13.2 Å². The average Bonchev–Trinajstić information content (AvgIpc) is 3.15. The van der Waals surface area contributed by atoms with Crippen molar-refractivity contribution in [2.45, 2.75) is 18.6 Å². The third kappa shape index (κ3) is 3.57. The Morgan fingerprint density at radius 1 is 1.32 bits per heavy atom. The van der Waals surface area contributed by atoms with Crippen LogP contribution < -0.4 is 15.4 Å². The molecule has 1 aliphatic rings. The molecule has 2 heterocycles. The Balaban J connectivity index is 2.01. The third-order valence-electron chi connectivity index (χ3n) is 3.78. The van der Waals surface area contributed by atoms with Crippen LogP contribution >= 0.6 is 11.6 Å². The zero-order valence-corrected chi connectivity index (χ0v) is 13.4. The van der Waals surface area contributed by atoms with Crippen molar-refractivity contribution in [1.29, 1.82) is 0 Å². The fourth-order valence-corrected chi connectivity index (χ4v) is 2.88. The second-order valence-corrected chi connectivity index (χ2v) is 5.95. The van der Waals surface area contributed by atoms with Crippen LogP contribution in [0.1, 0.15) is 16.9 Å². The second kappa shape index (κ2) is 6.57. The number of nitrogens with one attached hydrogen (secondary N) is 3. The van der Waals surface area contributed by atoms with Gasteiger partial charge in [-0.05, 0) is 25.1 Å². The van der Waals surface area contributed by atoms with Crippen LogP contribution in [0.15, 0.2) is 18.2 Å². The van der Waals surface area contributed by atoms with Crippen LogP contribution in [-0.4, -0.2) is 42.2 Å². The number of ether oxygens (including phenoxy) is 1. The molecule has 3 N–H and O–H groups in total. The number of hydrogen-bond donors (Lipinski definition) is 3. The van der Waals surface area contributed by atoms with E-state index in [1.54, 1.807) is 6.07 Å². The zero-order valence-electron chi connectivity index (χ0n) is 12.7. The molecule has 10 heteroatoms. The van der Waals surface area contributed by atoms with Gasteiger partial charge in [0.2, 0.25) is 0 Å². The molecule has 1 aromatic carbocycles. The van der Waals surface area contributed by atoms with Crippen molar-refractivity contribution < 1.29 is 27.5 Å². The first-order chi connectivity index (χ1) is 11.8. The maximum atomic E-state index is 12.6. The quantitative estimate of drug-likeness (QED) is 0.719. The topological polar surface area (TPSA) is 83.2 Å². The van der Waals surface area contributed by atoms with Crippen molar-refractivity contribution in [1.82, 2.24) is 15.6 Å². The lowest BCUT2D eigenvalue weighted by molar-refractivity contribution is -0.189. The Labute approximate surface area is 144 Å². The molecule has 3 rings (SSSR count). The summed E-state index contributed by atoms with van der Waals surface area (Å²) in [4.78, 5) is 26.4. The summed E-state index contributed by atoms with van der Waals surface area (Å²) in [5.74, 6) is -3.64. The smallest absolute Gasteiger partial charge is 0.417 e. The molecule has 0 aliphatic carbocycles. The lowest BCUT2D eigenvalue weighted by atomic mass is 10.2. The molecule has 1 unspecified atom stereocenters. The Hall–Kier alpha value is -2.26. The Bertz CT molecular complexity index is 829. The van der Waals surface area contributed by atoms with E-state index in [-0.39, 0.29) is 27.7 Å². The third-order valence-corrected chi connectivity index (χ3v) is 4.09. The second-order valence-electron chi connectivity index (χ2n) is 5.54. The van der Waals surface area contributed by atoms with Gasteiger partial charge in [0.05, 0.1) is 15.9 Å². The molecule has 2 aromatic rings. The minimum absolute atomic E-state index is 0.0384. The van der Waals surface area contributed by atoms with Crippen LogP contribution in [0.25, 0.3) is 10.9 Å². The molecule has 1 saturated heterocycles. The van der Waals surface area contributed by atoms with Crippen molar-refractivity contribution in [3.8, 4) is 5.75 Å². The summed E-state index contributed by atoms with van der Waals surface area (Å²) in [5.41, 5.74) is -0.000212. The number of alkyl halides is 3. The molecule has 0 bridgehead atoms. The van der Waals surface area contributed by atoms with Crippen molar-refractivity contribution >= 4 is 34.4 Å². The highest BCUT2D eigenvalue weighted by Crippen LogP contribution is 2.36. The highest BCUT2D eigenvalue weighted by atomic mass is 35.5. The van der Waals surface area contributed by atoms with Crippen molar-refractivity contribution in [3.05, 3.63) is 28.9 Å². The minimum Gasteiger partial charge on any atom is -0.417 e. The molecule has 25 heavy (non-hydrogen) atoms. The van der Waals surface area contributed by atoms with Gasteiger partial charge in [-0.1, -0.05) is 17.7 Å². The highest BCUT2D eigenvalue weighted by Gasteiger charge is 2.42. The molecule has 6 nitrogen and oxygen atoms in total. The summed E-state index contributed by atoms with van der Waals surface area (Å²) in [6.07, 6.45) is -4.52. The number of fused-ring (bicyclic) bond motifs is 1. The van der Waals surface area contributed by atoms with Gasteiger partial charge in [0, 0.05) is 12.6 Å². The summed E-state index contributed by atoms with van der Waals surface area (Å²) in [7, 11) is 0. The number of carbonyl (C=O) groups excluding carboxylic acids is 2. The van der Waals surface area contributed by atoms with Crippen molar-refractivity contribution in [2.75, 3.05) is 13.1 Å². The number of benzene rings is 1. The fraction of sp³-hybridized carbons (Fsp3) is 0.333. The number of amides is 1. The predicted molar refractivity (Wildman–Crippen MR) is 83.7 cm³/mol. The number of aromatic nitrogens is 1. The summed E-state index contributed by atoms with van der Waals surface area (Å²) >= 11 is 6.01. The van der Waals surface area contributed by atoms with Gasteiger partial charge in [-0.25, -0.2) is 4.79 Å². The van der Waals surface area contributed by atoms with Crippen molar-refractivity contribution in [3.63, 3.8) is 0 Å². The maximum Gasteiger partial charge on any atom is 0.491 e. The average molecular weight is 376 g/mol. The van der Waals surface area contributed by atoms with Crippen LogP contribution in [-0.2, 0) is 4.79 Å². The molecular weight excluding hydrogens is 363 g/mol. The molecular formula is C15H13ClF3N3O3. The van der Waals surface area contributed by atoms with Crippen LogP contribution in [0, 0.1) is 0 Å². The molecule has 1 amide bonds. The van der Waals surface area contributed by atoms with E-state index >= 15 is 0 Å². The number of aromatic amines is 1. The van der Waals surface area contributed by atoms with Crippen LogP contribution in [0.3, 0.4) is 0 Å². The van der Waals surface area contributed by atoms with Gasteiger partial charge in [0.25, 0.3) is 5.91 Å². The summed E-state index contributed by atoms with van der Waals surface area (Å²) in [6, 6.07) is 4.32. The van der Waals surface area contributed by atoms with Crippen molar-refractivity contribution in [2.24, 2.45) is 0 Å². The molecule has 1 fully saturated rings. The Morgan fingerprint density at radius 3 is 2.72 bits per heavy atom. The van der Waals surface area contributed by atoms with Crippen LogP contribution in [0.2, 0.25) is 5.02 Å². The number of halogens is 4. The number of rotatable bonds is 3. The van der Waals surface area contributed by atoms with Gasteiger partial charge in [0.1, 0.15) is 5.69 Å². The minimum atomic E-state index is -5.20. The van der Waals surface area contributed by atoms with Gasteiger partial charge in [-0.3, -0.25) is 4.79 Å². The standard InChI is InChI=1S/C15H13ClF3N3O3/c16-8-2-1-3-9-10(8)12(25-14(24)15(17,18)19)11(22-9)13(23)21-7-4-5-20-6-7/h1-3,7,20,22H,4-6H2,(H,21,23). The first-order valence-electron chi connectivity index (χ1n) is 7.38. The van der Waals surface area contributed by atoms with E-state index < -0.39 is 23.8 Å². The summed E-state index contributed by atoms with van der Waals surface area (Å²) < 4.78 is 42.2. The highest BCUT2D eigenvalue weighted by molar-refractivity contribution is 6.36. The molecule has 134 valence electrons.